The van der Waals surface area contributed by atoms with Gasteiger partial charge in [0.2, 0.25) is 0 Å². The van der Waals surface area contributed by atoms with E-state index in [1.807, 2.05) is 42.1 Å². The minimum absolute atomic E-state index is 0.202. The predicted molar refractivity (Wildman–Crippen MR) is 101 cm³/mol. The van der Waals surface area contributed by atoms with Gasteiger partial charge in [-0.15, -0.1) is 0 Å². The number of fused-ring (bicyclic) bond motifs is 1. The average molecular weight is 351 g/mol. The highest BCUT2D eigenvalue weighted by Crippen LogP contribution is 2.32. The van der Waals surface area contributed by atoms with E-state index in [1.165, 1.54) is 6.07 Å². The molecule has 124 valence electrons. The summed E-state index contributed by atoms with van der Waals surface area (Å²) in [4.78, 5) is 0. The second kappa shape index (κ2) is 6.01. The summed E-state index contributed by atoms with van der Waals surface area (Å²) in [7, 11) is 1.92. The van der Waals surface area contributed by atoms with Crippen molar-refractivity contribution in [2.24, 2.45) is 7.05 Å². The summed E-state index contributed by atoms with van der Waals surface area (Å²) in [6.45, 7) is 1.77. The number of rotatable bonds is 2. The zero-order valence-electron chi connectivity index (χ0n) is 13.9. The predicted octanol–water partition coefficient (Wildman–Crippen LogP) is 6.01. The van der Waals surface area contributed by atoms with E-state index >= 15 is 0 Å². The minimum Gasteiger partial charge on any atom is -0.267 e. The average Bonchev–Trinajstić information content (AvgIpc) is 2.94. The smallest absolute Gasteiger partial charge is 0.126 e. The zero-order valence-corrected chi connectivity index (χ0v) is 14.7. The van der Waals surface area contributed by atoms with E-state index in [4.69, 9.17) is 11.6 Å². The third-order valence-electron chi connectivity index (χ3n) is 4.44. The van der Waals surface area contributed by atoms with Crippen molar-refractivity contribution in [3.05, 3.63) is 77.1 Å². The Morgan fingerprint density at radius 1 is 0.920 bits per heavy atom. The molecule has 4 rings (SSSR count). The van der Waals surface area contributed by atoms with Crippen molar-refractivity contribution in [2.45, 2.75) is 6.92 Å². The summed E-state index contributed by atoms with van der Waals surface area (Å²) in [5.74, 6) is -0.202. The number of benzene rings is 3. The van der Waals surface area contributed by atoms with Gasteiger partial charge in [-0.3, -0.25) is 4.68 Å². The summed E-state index contributed by atoms with van der Waals surface area (Å²) in [5, 5.41) is 6.41. The third-order valence-corrected chi connectivity index (χ3v) is 4.68. The van der Waals surface area contributed by atoms with Crippen LogP contribution in [0.25, 0.3) is 33.3 Å². The number of nitrogens with zero attached hydrogens (tertiary/aromatic N) is 2. The molecular weight excluding hydrogens is 335 g/mol. The van der Waals surface area contributed by atoms with E-state index in [0.717, 1.165) is 33.3 Å². The van der Waals surface area contributed by atoms with Crippen LogP contribution in [0.1, 0.15) is 5.56 Å². The van der Waals surface area contributed by atoms with Crippen LogP contribution in [0.2, 0.25) is 5.02 Å². The minimum atomic E-state index is -0.202. The molecule has 0 saturated carbocycles. The first kappa shape index (κ1) is 15.9. The molecule has 0 aliphatic carbocycles. The lowest BCUT2D eigenvalue weighted by Gasteiger charge is -2.04. The molecule has 0 bridgehead atoms. The van der Waals surface area contributed by atoms with E-state index in [2.05, 4.69) is 23.3 Å². The maximum absolute atomic E-state index is 13.6. The lowest BCUT2D eigenvalue weighted by molar-refractivity contribution is 0.618. The van der Waals surface area contributed by atoms with E-state index in [-0.39, 0.29) is 5.82 Å². The van der Waals surface area contributed by atoms with E-state index < -0.39 is 0 Å². The summed E-state index contributed by atoms with van der Waals surface area (Å²) < 4.78 is 15.4. The van der Waals surface area contributed by atoms with Gasteiger partial charge in [-0.1, -0.05) is 29.8 Å². The summed E-state index contributed by atoms with van der Waals surface area (Å²) >= 11 is 6.11. The molecule has 0 spiro atoms. The fourth-order valence-electron chi connectivity index (χ4n) is 3.11. The molecule has 0 unspecified atom stereocenters. The molecule has 0 atom stereocenters. The topological polar surface area (TPSA) is 17.8 Å². The SMILES string of the molecule is Cc1cc(-c2nn(C)c3cc(-c4cccc(Cl)c4)ccc23)ccc1F. The molecule has 4 aromatic rings. The van der Waals surface area contributed by atoms with Crippen molar-refractivity contribution >= 4 is 22.5 Å². The molecule has 0 radical (unpaired) electrons. The number of aromatic nitrogens is 2. The Balaban J connectivity index is 1.88. The van der Waals surface area contributed by atoms with E-state index in [1.54, 1.807) is 13.0 Å². The monoisotopic (exact) mass is 350 g/mol. The maximum Gasteiger partial charge on any atom is 0.126 e. The van der Waals surface area contributed by atoms with Crippen LogP contribution in [0.5, 0.6) is 0 Å². The molecule has 0 aliphatic heterocycles. The number of halogens is 2. The maximum atomic E-state index is 13.6. The van der Waals surface area contributed by atoms with E-state index in [0.29, 0.717) is 10.6 Å². The van der Waals surface area contributed by atoms with Gasteiger partial charge >= 0.3 is 0 Å². The Hall–Kier alpha value is -2.65. The second-order valence-electron chi connectivity index (χ2n) is 6.18. The first-order valence-electron chi connectivity index (χ1n) is 8.02. The van der Waals surface area contributed by atoms with E-state index in [9.17, 15) is 4.39 Å². The Labute approximate surface area is 150 Å². The van der Waals surface area contributed by atoms with Crippen LogP contribution in [0, 0.1) is 12.7 Å². The lowest BCUT2D eigenvalue weighted by Crippen LogP contribution is -1.90. The van der Waals surface area contributed by atoms with Gasteiger partial charge in [-0.25, -0.2) is 4.39 Å². The molecular formula is C21H16ClFN2. The number of hydrogen-bond donors (Lipinski definition) is 0. The zero-order chi connectivity index (χ0) is 17.6. The largest absolute Gasteiger partial charge is 0.267 e. The Morgan fingerprint density at radius 2 is 1.68 bits per heavy atom. The van der Waals surface area contributed by atoms with Crippen LogP contribution in [-0.4, -0.2) is 9.78 Å². The summed E-state index contributed by atoms with van der Waals surface area (Å²) in [6, 6.07) is 19.1. The van der Waals surface area contributed by atoms with Crippen LogP contribution < -0.4 is 0 Å². The van der Waals surface area contributed by atoms with Crippen molar-refractivity contribution in [2.75, 3.05) is 0 Å². The molecule has 1 aromatic heterocycles. The molecule has 0 saturated heterocycles. The summed E-state index contributed by atoms with van der Waals surface area (Å²) in [6.07, 6.45) is 0. The molecule has 0 amide bonds. The van der Waals surface area contributed by atoms with Crippen molar-refractivity contribution in [3.8, 4) is 22.4 Å². The van der Waals surface area contributed by atoms with Gasteiger partial charge in [-0.2, -0.15) is 5.10 Å². The lowest BCUT2D eigenvalue weighted by atomic mass is 10.0. The molecule has 1 heterocycles. The van der Waals surface area contributed by atoms with Crippen LogP contribution in [0.4, 0.5) is 4.39 Å². The van der Waals surface area contributed by atoms with Crippen LogP contribution >= 0.6 is 11.6 Å². The molecule has 0 fully saturated rings. The number of hydrogen-bond acceptors (Lipinski definition) is 1. The van der Waals surface area contributed by atoms with Gasteiger partial charge in [0.25, 0.3) is 0 Å². The Bertz CT molecular complexity index is 1100. The third kappa shape index (κ3) is 2.81. The molecule has 25 heavy (non-hydrogen) atoms. The highest BCUT2D eigenvalue weighted by Gasteiger charge is 2.13. The van der Waals surface area contributed by atoms with Gasteiger partial charge < -0.3 is 0 Å². The van der Waals surface area contributed by atoms with Gasteiger partial charge in [0, 0.05) is 23.0 Å². The van der Waals surface area contributed by atoms with Crippen molar-refractivity contribution in [1.29, 1.82) is 0 Å². The van der Waals surface area contributed by atoms with Gasteiger partial charge in [0.15, 0.2) is 0 Å². The van der Waals surface area contributed by atoms with Gasteiger partial charge in [0.1, 0.15) is 11.5 Å². The van der Waals surface area contributed by atoms with Crippen molar-refractivity contribution in [1.82, 2.24) is 9.78 Å². The standard InChI is InChI=1S/C21H16ClFN2/c1-13-10-16(7-9-19(13)23)21-18-8-6-15(12-20(18)25(2)24-21)14-4-3-5-17(22)11-14/h3-12H,1-2H3. The highest BCUT2D eigenvalue weighted by molar-refractivity contribution is 6.30. The van der Waals surface area contributed by atoms with Gasteiger partial charge in [0.05, 0.1) is 5.52 Å². The van der Waals surface area contributed by atoms with Crippen LogP contribution in [-0.2, 0) is 7.05 Å². The quantitative estimate of drug-likeness (QED) is 0.433. The molecule has 0 aliphatic rings. The number of aryl methyl sites for hydroxylation is 2. The molecule has 3 aromatic carbocycles. The van der Waals surface area contributed by atoms with Crippen molar-refractivity contribution in [3.63, 3.8) is 0 Å². The fraction of sp³-hybridized carbons (Fsp3) is 0.0952. The Morgan fingerprint density at radius 3 is 2.44 bits per heavy atom. The summed E-state index contributed by atoms with van der Waals surface area (Å²) in [5.41, 5.74) is 5.56. The van der Waals surface area contributed by atoms with Gasteiger partial charge in [-0.05, 0) is 66.1 Å². The van der Waals surface area contributed by atoms with Crippen LogP contribution in [0.3, 0.4) is 0 Å². The fourth-order valence-corrected chi connectivity index (χ4v) is 3.30. The van der Waals surface area contributed by atoms with Crippen molar-refractivity contribution < 1.29 is 4.39 Å². The second-order valence-corrected chi connectivity index (χ2v) is 6.61. The molecule has 2 nitrogen and oxygen atoms in total. The normalized spacial score (nSPS) is 11.2. The Kier molecular flexibility index (Phi) is 3.81. The first-order chi connectivity index (χ1) is 12.0. The van der Waals surface area contributed by atoms with Crippen LogP contribution in [0.15, 0.2) is 60.7 Å². The molecule has 0 N–H and O–H groups in total. The highest BCUT2D eigenvalue weighted by atomic mass is 35.5. The molecule has 4 heteroatoms. The first-order valence-corrected chi connectivity index (χ1v) is 8.40.